The van der Waals surface area contributed by atoms with E-state index in [0.717, 1.165) is 18.2 Å². The molecule has 198 valence electrons. The van der Waals surface area contributed by atoms with Crippen molar-refractivity contribution in [3.05, 3.63) is 70.6 Å². The predicted octanol–water partition coefficient (Wildman–Crippen LogP) is 5.31. The molecule has 0 bridgehead atoms. The summed E-state index contributed by atoms with van der Waals surface area (Å²) < 4.78 is 94.6. The van der Waals surface area contributed by atoms with E-state index in [2.05, 4.69) is 4.72 Å². The van der Waals surface area contributed by atoms with Crippen molar-refractivity contribution in [2.24, 2.45) is 12.5 Å². The summed E-state index contributed by atoms with van der Waals surface area (Å²) in [6, 6.07) is 7.94. The van der Waals surface area contributed by atoms with Crippen LogP contribution in [0.5, 0.6) is 17.2 Å². The van der Waals surface area contributed by atoms with Crippen LogP contribution in [0, 0.1) is 17.0 Å². The quantitative estimate of drug-likeness (QED) is 0.372. The Balaban J connectivity index is 1.83. The largest absolute Gasteiger partial charge is 0.492 e. The molecule has 0 amide bonds. The van der Waals surface area contributed by atoms with Gasteiger partial charge >= 0.3 is 0 Å². The lowest BCUT2D eigenvalue weighted by atomic mass is 10.0. The maximum absolute atomic E-state index is 14.3. The maximum Gasteiger partial charge on any atom is 0.257 e. The van der Waals surface area contributed by atoms with E-state index in [-0.39, 0.29) is 52.8 Å². The normalized spacial score (nSPS) is 18.4. The van der Waals surface area contributed by atoms with E-state index in [1.54, 1.807) is 0 Å². The standard InChI is InChI=1S/C25H24F4N2O5S/c1-4-37(33,34)30-16-6-8-20(36-21-7-5-15(26)9-19(21)27)17(10-16)18-12-31(3)23(32)11-22(18)35-14-24(2)13-25(24,28)29/h5-12,30H,4,13-14H2,1-3H3. The third-order valence-corrected chi connectivity index (χ3v) is 7.45. The van der Waals surface area contributed by atoms with Gasteiger partial charge in [-0.2, -0.15) is 0 Å². The molecule has 1 heterocycles. The highest BCUT2D eigenvalue weighted by molar-refractivity contribution is 7.92. The van der Waals surface area contributed by atoms with Gasteiger partial charge in [0, 0.05) is 48.6 Å². The molecule has 1 aliphatic rings. The number of nitrogens with zero attached hydrogens (tertiary/aromatic N) is 1. The minimum Gasteiger partial charge on any atom is -0.492 e. The molecule has 1 atom stereocenters. The topological polar surface area (TPSA) is 86.6 Å². The van der Waals surface area contributed by atoms with Crippen molar-refractivity contribution in [2.75, 3.05) is 17.1 Å². The molecule has 12 heteroatoms. The van der Waals surface area contributed by atoms with Gasteiger partial charge in [0.2, 0.25) is 10.0 Å². The van der Waals surface area contributed by atoms with E-state index in [1.807, 2.05) is 0 Å². The SMILES string of the molecule is CCS(=O)(=O)Nc1ccc(Oc2ccc(F)cc2F)c(-c2cn(C)c(=O)cc2OCC2(C)CC2(F)F)c1. The number of ether oxygens (including phenoxy) is 2. The number of nitrogens with one attached hydrogen (secondary N) is 1. The highest BCUT2D eigenvalue weighted by atomic mass is 32.2. The Morgan fingerprint density at radius 1 is 1.03 bits per heavy atom. The van der Waals surface area contributed by atoms with E-state index in [4.69, 9.17) is 9.47 Å². The van der Waals surface area contributed by atoms with Crippen molar-refractivity contribution in [1.82, 2.24) is 4.57 Å². The Kier molecular flexibility index (Phi) is 6.74. The average Bonchev–Trinajstić information content (AvgIpc) is 3.33. The summed E-state index contributed by atoms with van der Waals surface area (Å²) >= 11 is 0. The lowest BCUT2D eigenvalue weighted by Gasteiger charge is -2.19. The fraction of sp³-hybridized carbons (Fsp3) is 0.320. The number of alkyl halides is 2. The minimum absolute atomic E-state index is 0.0106. The highest BCUT2D eigenvalue weighted by Gasteiger charge is 2.68. The molecule has 1 aromatic heterocycles. The van der Waals surface area contributed by atoms with E-state index in [1.165, 1.54) is 49.9 Å². The number of rotatable bonds is 9. The van der Waals surface area contributed by atoms with Gasteiger partial charge < -0.3 is 14.0 Å². The van der Waals surface area contributed by atoms with Gasteiger partial charge in [0.05, 0.1) is 17.8 Å². The van der Waals surface area contributed by atoms with Crippen LogP contribution < -0.4 is 19.8 Å². The number of halogens is 4. The lowest BCUT2D eigenvalue weighted by Crippen LogP contribution is -2.20. The molecule has 1 unspecified atom stereocenters. The number of sulfonamides is 1. The first-order chi connectivity index (χ1) is 17.2. The van der Waals surface area contributed by atoms with Crippen molar-refractivity contribution >= 4 is 15.7 Å². The van der Waals surface area contributed by atoms with Gasteiger partial charge in [-0.15, -0.1) is 0 Å². The molecule has 0 radical (unpaired) electrons. The summed E-state index contributed by atoms with van der Waals surface area (Å²) in [5, 5.41) is 0. The van der Waals surface area contributed by atoms with Crippen LogP contribution in [-0.4, -0.2) is 31.3 Å². The summed E-state index contributed by atoms with van der Waals surface area (Å²) in [6.07, 6.45) is 0.999. The van der Waals surface area contributed by atoms with Crippen LogP contribution in [0.2, 0.25) is 0 Å². The number of hydrogen-bond donors (Lipinski definition) is 1. The van der Waals surface area contributed by atoms with E-state index < -0.39 is 38.6 Å². The molecule has 1 aliphatic carbocycles. The summed E-state index contributed by atoms with van der Waals surface area (Å²) in [7, 11) is -2.22. The van der Waals surface area contributed by atoms with E-state index >= 15 is 0 Å². The minimum atomic E-state index is -3.68. The molecule has 2 aromatic carbocycles. The molecule has 4 rings (SSSR count). The number of hydrogen-bond acceptors (Lipinski definition) is 5. The van der Waals surface area contributed by atoms with Gasteiger partial charge in [-0.3, -0.25) is 9.52 Å². The second-order valence-corrected chi connectivity index (χ2v) is 11.1. The molecule has 1 saturated carbocycles. The summed E-state index contributed by atoms with van der Waals surface area (Å²) in [6.45, 7) is 2.43. The van der Waals surface area contributed by atoms with Gasteiger partial charge in [-0.25, -0.2) is 26.0 Å². The Labute approximate surface area is 210 Å². The van der Waals surface area contributed by atoms with Crippen LogP contribution in [0.3, 0.4) is 0 Å². The van der Waals surface area contributed by atoms with Crippen LogP contribution in [0.15, 0.2) is 53.5 Å². The number of aryl methyl sites for hydroxylation is 1. The molecule has 0 aliphatic heterocycles. The number of anilines is 1. The zero-order valence-corrected chi connectivity index (χ0v) is 21.0. The van der Waals surface area contributed by atoms with Crippen LogP contribution in [0.25, 0.3) is 11.1 Å². The fourth-order valence-corrected chi connectivity index (χ4v) is 4.23. The van der Waals surface area contributed by atoms with Crippen molar-refractivity contribution in [3.8, 4) is 28.4 Å². The van der Waals surface area contributed by atoms with Gasteiger partial charge in [-0.05, 0) is 37.3 Å². The molecule has 7 nitrogen and oxygen atoms in total. The Hall–Kier alpha value is -3.54. The first kappa shape index (κ1) is 26.5. The van der Waals surface area contributed by atoms with E-state index in [0.29, 0.717) is 6.07 Å². The molecule has 37 heavy (non-hydrogen) atoms. The van der Waals surface area contributed by atoms with Crippen molar-refractivity contribution in [1.29, 1.82) is 0 Å². The lowest BCUT2D eigenvalue weighted by molar-refractivity contribution is 0.0499. The van der Waals surface area contributed by atoms with Crippen molar-refractivity contribution in [2.45, 2.75) is 26.2 Å². The van der Waals surface area contributed by atoms with Gasteiger partial charge in [0.1, 0.15) is 17.3 Å². The highest BCUT2D eigenvalue weighted by Crippen LogP contribution is 2.60. The molecule has 0 spiro atoms. The molecule has 1 N–H and O–H groups in total. The number of pyridine rings is 1. The fourth-order valence-electron chi connectivity index (χ4n) is 3.59. The Morgan fingerprint density at radius 3 is 2.32 bits per heavy atom. The van der Waals surface area contributed by atoms with Crippen molar-refractivity contribution in [3.63, 3.8) is 0 Å². The molecule has 0 saturated heterocycles. The average molecular weight is 541 g/mol. The second kappa shape index (κ2) is 9.40. The number of benzene rings is 2. The first-order valence-electron chi connectivity index (χ1n) is 11.2. The second-order valence-electron chi connectivity index (χ2n) is 9.12. The van der Waals surface area contributed by atoms with Crippen LogP contribution >= 0.6 is 0 Å². The zero-order valence-electron chi connectivity index (χ0n) is 20.1. The number of aromatic nitrogens is 1. The summed E-state index contributed by atoms with van der Waals surface area (Å²) in [4.78, 5) is 12.4. The maximum atomic E-state index is 14.3. The summed E-state index contributed by atoms with van der Waals surface area (Å²) in [5.74, 6) is -5.26. The third-order valence-electron chi connectivity index (χ3n) is 6.14. The first-order valence-corrected chi connectivity index (χ1v) is 12.9. The van der Waals surface area contributed by atoms with Gasteiger partial charge in [0.15, 0.2) is 11.6 Å². The zero-order chi connectivity index (χ0) is 27.2. The summed E-state index contributed by atoms with van der Waals surface area (Å²) in [5.41, 5.74) is -1.39. The van der Waals surface area contributed by atoms with Gasteiger partial charge in [-0.1, -0.05) is 6.92 Å². The smallest absolute Gasteiger partial charge is 0.257 e. The Morgan fingerprint density at radius 2 is 1.70 bits per heavy atom. The molecular formula is C25H24F4N2O5S. The molecule has 3 aromatic rings. The van der Waals surface area contributed by atoms with Crippen LogP contribution in [0.4, 0.5) is 23.2 Å². The third kappa shape index (κ3) is 5.58. The predicted molar refractivity (Wildman–Crippen MR) is 130 cm³/mol. The van der Waals surface area contributed by atoms with Crippen LogP contribution in [-0.2, 0) is 17.1 Å². The van der Waals surface area contributed by atoms with Crippen LogP contribution in [0.1, 0.15) is 20.3 Å². The molecule has 1 fully saturated rings. The monoisotopic (exact) mass is 540 g/mol. The van der Waals surface area contributed by atoms with E-state index in [9.17, 15) is 30.8 Å². The van der Waals surface area contributed by atoms with Gasteiger partial charge in [0.25, 0.3) is 11.5 Å². The molecular weight excluding hydrogens is 516 g/mol. The van der Waals surface area contributed by atoms with Crippen molar-refractivity contribution < 1.29 is 35.5 Å². The Bertz CT molecular complexity index is 1520.